The van der Waals surface area contributed by atoms with Crippen molar-refractivity contribution in [2.24, 2.45) is 0 Å². The summed E-state index contributed by atoms with van der Waals surface area (Å²) >= 11 is 0. The summed E-state index contributed by atoms with van der Waals surface area (Å²) in [5.74, 6) is 1.49. The van der Waals surface area contributed by atoms with E-state index in [1.54, 1.807) is 19.1 Å². The van der Waals surface area contributed by atoms with Crippen molar-refractivity contribution in [1.29, 1.82) is 0 Å². The zero-order chi connectivity index (χ0) is 21.5. The van der Waals surface area contributed by atoms with E-state index in [9.17, 15) is 9.59 Å². The molecule has 0 saturated carbocycles. The molecule has 2 bridgehead atoms. The van der Waals surface area contributed by atoms with Gasteiger partial charge in [0.15, 0.2) is 0 Å². The molecule has 7 heteroatoms. The molecule has 0 aliphatic carbocycles. The first-order chi connectivity index (χ1) is 15.1. The van der Waals surface area contributed by atoms with Crippen molar-refractivity contribution in [3.8, 4) is 11.5 Å². The lowest BCUT2D eigenvalue weighted by atomic mass is 9.78. The van der Waals surface area contributed by atoms with Gasteiger partial charge >= 0.3 is 6.03 Å². The summed E-state index contributed by atoms with van der Waals surface area (Å²) in [5, 5.41) is 2.99. The fourth-order valence-electron chi connectivity index (χ4n) is 5.44. The summed E-state index contributed by atoms with van der Waals surface area (Å²) in [7, 11) is 3.28. The largest absolute Gasteiger partial charge is 0.497 e. The van der Waals surface area contributed by atoms with Gasteiger partial charge in [0.2, 0.25) is 5.91 Å². The van der Waals surface area contributed by atoms with Gasteiger partial charge in [0.25, 0.3) is 0 Å². The number of hydrogen-bond donors (Lipinski definition) is 1. The number of anilines is 1. The minimum absolute atomic E-state index is 0.0349. The highest BCUT2D eigenvalue weighted by molar-refractivity contribution is 5.95. The van der Waals surface area contributed by atoms with Crippen LogP contribution >= 0.6 is 0 Å². The minimum Gasteiger partial charge on any atom is -0.497 e. The number of methoxy groups -OCH3 is 2. The molecular formula is C24H27N3O4. The fraction of sp³-hybridized carbons (Fsp3) is 0.417. The van der Waals surface area contributed by atoms with Crippen molar-refractivity contribution in [1.82, 2.24) is 9.80 Å². The van der Waals surface area contributed by atoms with Crippen LogP contribution in [-0.2, 0) is 11.2 Å². The van der Waals surface area contributed by atoms with E-state index in [2.05, 4.69) is 5.32 Å². The first-order valence-corrected chi connectivity index (χ1v) is 10.8. The number of piperidine rings is 1. The molecule has 0 aromatic heterocycles. The van der Waals surface area contributed by atoms with E-state index in [-0.39, 0.29) is 24.0 Å². The molecule has 2 fully saturated rings. The summed E-state index contributed by atoms with van der Waals surface area (Å²) in [6.07, 6.45) is 3.23. The van der Waals surface area contributed by atoms with E-state index in [1.165, 1.54) is 0 Å². The number of para-hydroxylation sites is 1. The maximum atomic E-state index is 13.5. The monoisotopic (exact) mass is 421 g/mol. The van der Waals surface area contributed by atoms with Crippen molar-refractivity contribution in [3.05, 3.63) is 53.6 Å². The van der Waals surface area contributed by atoms with Gasteiger partial charge in [-0.3, -0.25) is 4.79 Å². The lowest BCUT2D eigenvalue weighted by Gasteiger charge is -2.55. The first kappa shape index (κ1) is 19.7. The fourth-order valence-corrected chi connectivity index (χ4v) is 5.44. The molecule has 162 valence electrons. The van der Waals surface area contributed by atoms with Crippen LogP contribution in [0.3, 0.4) is 0 Å². The van der Waals surface area contributed by atoms with Gasteiger partial charge in [-0.15, -0.1) is 0 Å². The second kappa shape index (κ2) is 7.80. The molecule has 31 heavy (non-hydrogen) atoms. The normalized spacial score (nSPS) is 24.2. The summed E-state index contributed by atoms with van der Waals surface area (Å²) in [4.78, 5) is 30.6. The van der Waals surface area contributed by atoms with Crippen LogP contribution in [0.2, 0.25) is 0 Å². The van der Waals surface area contributed by atoms with E-state index >= 15 is 0 Å². The maximum Gasteiger partial charge on any atom is 0.322 e. The molecule has 0 spiro atoms. The van der Waals surface area contributed by atoms with Crippen molar-refractivity contribution in [3.63, 3.8) is 0 Å². The predicted molar refractivity (Wildman–Crippen MR) is 116 cm³/mol. The molecule has 3 atom stereocenters. The van der Waals surface area contributed by atoms with Crippen LogP contribution in [0, 0.1) is 0 Å². The van der Waals surface area contributed by atoms with Crippen molar-refractivity contribution in [2.45, 2.75) is 43.8 Å². The van der Waals surface area contributed by atoms with E-state index in [4.69, 9.17) is 9.47 Å². The molecule has 3 amide bonds. The maximum absolute atomic E-state index is 13.5. The number of urea groups is 1. The Labute approximate surface area is 181 Å². The molecule has 3 aliphatic heterocycles. The van der Waals surface area contributed by atoms with Crippen LogP contribution < -0.4 is 14.8 Å². The number of fused-ring (bicyclic) bond motifs is 6. The Bertz CT molecular complexity index is 992. The number of benzene rings is 2. The highest BCUT2D eigenvalue weighted by Gasteiger charge is 2.53. The highest BCUT2D eigenvalue weighted by atomic mass is 16.5. The van der Waals surface area contributed by atoms with Gasteiger partial charge in [0, 0.05) is 23.9 Å². The average Bonchev–Trinajstić information content (AvgIpc) is 2.81. The zero-order valence-electron chi connectivity index (χ0n) is 17.8. The van der Waals surface area contributed by atoms with Gasteiger partial charge in [-0.25, -0.2) is 4.79 Å². The van der Waals surface area contributed by atoms with Gasteiger partial charge in [-0.05, 0) is 49.4 Å². The number of ether oxygens (including phenoxy) is 2. The number of piperazine rings is 1. The Morgan fingerprint density at radius 3 is 2.65 bits per heavy atom. The summed E-state index contributed by atoms with van der Waals surface area (Å²) < 4.78 is 11.2. The molecule has 3 unspecified atom stereocenters. The molecule has 7 nitrogen and oxygen atoms in total. The van der Waals surface area contributed by atoms with E-state index in [0.29, 0.717) is 18.7 Å². The molecule has 3 aliphatic rings. The van der Waals surface area contributed by atoms with Gasteiger partial charge < -0.3 is 24.6 Å². The number of nitrogens with one attached hydrogen (secondary N) is 1. The minimum atomic E-state index is -0.412. The lowest BCUT2D eigenvalue weighted by molar-refractivity contribution is -0.152. The molecule has 2 aromatic carbocycles. The number of amides is 3. The Hall–Kier alpha value is -3.22. The second-order valence-corrected chi connectivity index (χ2v) is 8.35. The highest BCUT2D eigenvalue weighted by Crippen LogP contribution is 2.48. The van der Waals surface area contributed by atoms with Gasteiger partial charge in [-0.2, -0.15) is 0 Å². The number of hydrogen-bond acceptors (Lipinski definition) is 4. The van der Waals surface area contributed by atoms with E-state index in [1.807, 2.05) is 47.4 Å². The Morgan fingerprint density at radius 2 is 1.90 bits per heavy atom. The van der Waals surface area contributed by atoms with E-state index < -0.39 is 6.04 Å². The number of nitrogens with zero attached hydrogens (tertiary/aromatic N) is 2. The predicted octanol–water partition coefficient (Wildman–Crippen LogP) is 3.60. The molecule has 2 aromatic rings. The molecule has 5 rings (SSSR count). The van der Waals surface area contributed by atoms with Crippen LogP contribution in [0.25, 0.3) is 0 Å². The number of carbonyl (C=O) groups excluding carboxylic acids is 2. The third-order valence-corrected chi connectivity index (χ3v) is 6.77. The van der Waals surface area contributed by atoms with Crippen LogP contribution in [0.1, 0.15) is 36.4 Å². The van der Waals surface area contributed by atoms with Crippen molar-refractivity contribution < 1.29 is 19.1 Å². The standard InChI is InChI=1S/C24H27N3O4/c1-30-17-13-15-11-12-26-22(21(15)20(14-17)31-2)18-9-6-10-19(23(26)28)27(18)24(29)25-16-7-4-3-5-8-16/h3-5,7-8,13-14,18-19,22H,6,9-12H2,1-2H3,(H,25,29). The molecule has 1 N–H and O–H groups in total. The van der Waals surface area contributed by atoms with Crippen LogP contribution in [-0.4, -0.2) is 54.6 Å². The molecule has 3 heterocycles. The summed E-state index contributed by atoms with van der Waals surface area (Å²) in [6.45, 7) is 0.647. The van der Waals surface area contributed by atoms with Gasteiger partial charge in [0.05, 0.1) is 26.3 Å². The van der Waals surface area contributed by atoms with Gasteiger partial charge in [-0.1, -0.05) is 18.2 Å². The zero-order valence-corrected chi connectivity index (χ0v) is 17.8. The van der Waals surface area contributed by atoms with Crippen LogP contribution in [0.4, 0.5) is 10.5 Å². The first-order valence-electron chi connectivity index (χ1n) is 10.8. The van der Waals surface area contributed by atoms with E-state index in [0.717, 1.165) is 41.8 Å². The smallest absolute Gasteiger partial charge is 0.322 e. The third-order valence-electron chi connectivity index (χ3n) is 6.77. The summed E-state index contributed by atoms with van der Waals surface area (Å²) in [5.41, 5.74) is 2.86. The number of rotatable bonds is 3. The molecule has 0 radical (unpaired) electrons. The Balaban J connectivity index is 1.56. The molecule has 2 saturated heterocycles. The van der Waals surface area contributed by atoms with Crippen LogP contribution in [0.15, 0.2) is 42.5 Å². The summed E-state index contributed by atoms with van der Waals surface area (Å²) in [6, 6.07) is 12.4. The average molecular weight is 421 g/mol. The number of carbonyl (C=O) groups is 2. The second-order valence-electron chi connectivity index (χ2n) is 8.35. The SMILES string of the molecule is COc1cc2c(c(OC)c1)C1C3CCCC(C(=O)N1CC2)N3C(=O)Nc1ccccc1. The molecular weight excluding hydrogens is 394 g/mol. The van der Waals surface area contributed by atoms with Crippen molar-refractivity contribution in [2.75, 3.05) is 26.1 Å². The van der Waals surface area contributed by atoms with Crippen molar-refractivity contribution >= 4 is 17.6 Å². The lowest BCUT2D eigenvalue weighted by Crippen LogP contribution is -2.67. The third kappa shape index (κ3) is 3.19. The topological polar surface area (TPSA) is 71.1 Å². The van der Waals surface area contributed by atoms with Crippen LogP contribution in [0.5, 0.6) is 11.5 Å². The van der Waals surface area contributed by atoms with Gasteiger partial charge in [0.1, 0.15) is 17.5 Å². The Morgan fingerprint density at radius 1 is 1.10 bits per heavy atom. The quantitative estimate of drug-likeness (QED) is 0.822. The Kier molecular flexibility index (Phi) is 4.96.